The molecule has 7 heteroatoms. The smallest absolute Gasteiger partial charge is 0.333 e. The number of aliphatic carboxylic acids is 1. The van der Waals surface area contributed by atoms with Crippen molar-refractivity contribution in [3.8, 4) is 5.75 Å². The average molecular weight is 465 g/mol. The Kier molecular flexibility index (Phi) is 14.2. The molecule has 0 aliphatic heterocycles. The topological polar surface area (TPSA) is 88.1 Å². The van der Waals surface area contributed by atoms with Crippen LogP contribution < -0.4 is 10.1 Å². The molecule has 0 radical (unpaired) electrons. The maximum Gasteiger partial charge on any atom is 0.333 e. The molecule has 0 saturated heterocycles. The molecule has 0 fully saturated rings. The molecule has 0 aliphatic carbocycles. The molecule has 188 valence electrons. The van der Waals surface area contributed by atoms with Gasteiger partial charge in [0.05, 0.1) is 6.54 Å². The third-order valence-corrected chi connectivity index (χ3v) is 5.44. The second kappa shape index (κ2) is 16.4. The normalized spacial score (nSPS) is 12.1. The summed E-state index contributed by atoms with van der Waals surface area (Å²) in [6.07, 6.45) is 3.91. The van der Waals surface area contributed by atoms with E-state index in [1.807, 2.05) is 29.2 Å². The summed E-state index contributed by atoms with van der Waals surface area (Å²) in [5, 5.41) is 12.3. The fourth-order valence-electron chi connectivity index (χ4n) is 3.76. The highest BCUT2D eigenvalue weighted by molar-refractivity contribution is 5.74. The van der Waals surface area contributed by atoms with Gasteiger partial charge in [-0.2, -0.15) is 0 Å². The molecule has 0 aromatic heterocycles. The number of urea groups is 1. The van der Waals surface area contributed by atoms with Crippen LogP contribution in [0, 0.1) is 11.8 Å². The molecule has 1 rings (SSSR count). The number of carbonyl (C=O) groups is 2. The van der Waals surface area contributed by atoms with E-state index in [-0.39, 0.29) is 6.03 Å². The first-order valence-electron chi connectivity index (χ1n) is 12.4. The van der Waals surface area contributed by atoms with Crippen LogP contribution in [0.5, 0.6) is 5.75 Å². The molecule has 33 heavy (non-hydrogen) atoms. The Morgan fingerprint density at radius 3 is 2.21 bits per heavy atom. The Labute approximate surface area is 199 Å². The van der Waals surface area contributed by atoms with Crippen LogP contribution >= 0.6 is 0 Å². The zero-order valence-electron chi connectivity index (χ0n) is 21.1. The van der Waals surface area contributed by atoms with Crippen LogP contribution in [0.3, 0.4) is 0 Å². The number of ether oxygens (including phenoxy) is 2. The van der Waals surface area contributed by atoms with Crippen LogP contribution in [0.25, 0.3) is 0 Å². The number of hydrogen-bond acceptors (Lipinski definition) is 4. The number of nitrogens with one attached hydrogen (secondary N) is 1. The predicted octanol–water partition coefficient (Wildman–Crippen LogP) is 4.98. The van der Waals surface area contributed by atoms with E-state index < -0.39 is 12.1 Å². The third kappa shape index (κ3) is 11.9. The number of amides is 2. The summed E-state index contributed by atoms with van der Waals surface area (Å²) < 4.78 is 11.2. The summed E-state index contributed by atoms with van der Waals surface area (Å²) in [6, 6.07) is 7.35. The maximum atomic E-state index is 12.8. The number of nitrogens with zero attached hydrogens (tertiary/aromatic N) is 1. The summed E-state index contributed by atoms with van der Waals surface area (Å²) in [7, 11) is 0. The first kappa shape index (κ1) is 28.8. The SMILES string of the molecule is CCCC(CCC)CN(CCOc1ccc(CC(OCC)C(=O)O)cc1)C(=O)NCC(C)C. The van der Waals surface area contributed by atoms with Crippen LogP contribution in [0.2, 0.25) is 0 Å². The summed E-state index contributed by atoms with van der Waals surface area (Å²) in [5.41, 5.74) is 0.875. The summed E-state index contributed by atoms with van der Waals surface area (Å²) in [5.74, 6) is 0.633. The lowest BCUT2D eigenvalue weighted by atomic mass is 9.98. The molecule has 2 N–H and O–H groups in total. The lowest BCUT2D eigenvalue weighted by Gasteiger charge is -2.28. The van der Waals surface area contributed by atoms with Crippen LogP contribution in [0.15, 0.2) is 24.3 Å². The van der Waals surface area contributed by atoms with Crippen molar-refractivity contribution < 1.29 is 24.2 Å². The van der Waals surface area contributed by atoms with Gasteiger partial charge in [0.2, 0.25) is 0 Å². The lowest BCUT2D eigenvalue weighted by molar-refractivity contribution is -0.149. The van der Waals surface area contributed by atoms with Gasteiger partial charge in [-0.25, -0.2) is 9.59 Å². The molecule has 7 nitrogen and oxygen atoms in total. The van der Waals surface area contributed by atoms with E-state index in [4.69, 9.17) is 9.47 Å². The number of hydrogen-bond donors (Lipinski definition) is 2. The van der Waals surface area contributed by atoms with Gasteiger partial charge >= 0.3 is 12.0 Å². The molecule has 0 spiro atoms. The second-order valence-electron chi connectivity index (χ2n) is 8.95. The molecular formula is C26H44N2O5. The zero-order chi connectivity index (χ0) is 24.6. The minimum atomic E-state index is -0.961. The molecule has 0 aliphatic rings. The van der Waals surface area contributed by atoms with Crippen molar-refractivity contribution in [1.29, 1.82) is 0 Å². The fourth-order valence-corrected chi connectivity index (χ4v) is 3.76. The van der Waals surface area contributed by atoms with Crippen molar-refractivity contribution in [3.05, 3.63) is 29.8 Å². The summed E-state index contributed by atoms with van der Waals surface area (Å²) in [6.45, 7) is 13.0. The third-order valence-electron chi connectivity index (χ3n) is 5.44. The monoisotopic (exact) mass is 464 g/mol. The first-order valence-corrected chi connectivity index (χ1v) is 12.4. The summed E-state index contributed by atoms with van der Waals surface area (Å²) >= 11 is 0. The molecule has 0 saturated carbocycles. The highest BCUT2D eigenvalue weighted by atomic mass is 16.5. The van der Waals surface area contributed by atoms with E-state index >= 15 is 0 Å². The van der Waals surface area contributed by atoms with E-state index in [1.54, 1.807) is 6.92 Å². The van der Waals surface area contributed by atoms with Gasteiger partial charge in [0.15, 0.2) is 6.10 Å². The van der Waals surface area contributed by atoms with Gasteiger partial charge in [0, 0.05) is 26.1 Å². The van der Waals surface area contributed by atoms with Crippen molar-refractivity contribution >= 4 is 12.0 Å². The lowest BCUT2D eigenvalue weighted by Crippen LogP contribution is -2.45. The van der Waals surface area contributed by atoms with Crippen LogP contribution in [-0.4, -0.2) is 61.0 Å². The van der Waals surface area contributed by atoms with Crippen LogP contribution in [0.4, 0.5) is 4.79 Å². The maximum absolute atomic E-state index is 12.8. The number of carbonyl (C=O) groups excluding carboxylic acids is 1. The van der Waals surface area contributed by atoms with Crippen LogP contribution in [0.1, 0.15) is 65.9 Å². The van der Waals surface area contributed by atoms with Crippen LogP contribution in [-0.2, 0) is 16.0 Å². The standard InChI is InChI=1S/C26H44N2O5/c1-6-9-22(10-7-2)19-28(26(31)27-18-20(4)5)15-16-33-23-13-11-21(12-14-23)17-24(25(29)30)32-8-3/h11-14,20,22,24H,6-10,15-19H2,1-5H3,(H,27,31)(H,29,30). The molecular weight excluding hydrogens is 420 g/mol. The molecule has 1 atom stereocenters. The van der Waals surface area contributed by atoms with Crippen molar-refractivity contribution in [2.24, 2.45) is 11.8 Å². The second-order valence-corrected chi connectivity index (χ2v) is 8.95. The number of carboxylic acids is 1. The van der Waals surface area contributed by atoms with Gasteiger partial charge in [-0.05, 0) is 49.3 Å². The van der Waals surface area contributed by atoms with Gasteiger partial charge in [0.25, 0.3) is 0 Å². The van der Waals surface area contributed by atoms with Crippen molar-refractivity contribution in [2.75, 3.05) is 32.8 Å². The van der Waals surface area contributed by atoms with E-state index in [1.165, 1.54) is 0 Å². The molecule has 1 aromatic rings. The van der Waals surface area contributed by atoms with Crippen molar-refractivity contribution in [1.82, 2.24) is 10.2 Å². The Morgan fingerprint density at radius 2 is 1.70 bits per heavy atom. The van der Waals surface area contributed by atoms with E-state index in [0.717, 1.165) is 37.8 Å². The largest absolute Gasteiger partial charge is 0.492 e. The number of carboxylic acid groups (broad SMARTS) is 1. The molecule has 0 heterocycles. The van der Waals surface area contributed by atoms with Gasteiger partial charge in [-0.3, -0.25) is 0 Å². The zero-order valence-corrected chi connectivity index (χ0v) is 21.1. The molecule has 1 unspecified atom stereocenters. The minimum absolute atomic E-state index is 0.0320. The Hall–Kier alpha value is -2.28. The molecule has 1 aromatic carbocycles. The van der Waals surface area contributed by atoms with Crippen molar-refractivity contribution in [2.45, 2.75) is 72.8 Å². The Bertz CT molecular complexity index is 672. The minimum Gasteiger partial charge on any atom is -0.492 e. The molecule has 0 bridgehead atoms. The van der Waals surface area contributed by atoms with Gasteiger partial charge in [-0.15, -0.1) is 0 Å². The van der Waals surface area contributed by atoms with Crippen molar-refractivity contribution in [3.63, 3.8) is 0 Å². The van der Waals surface area contributed by atoms with E-state index in [0.29, 0.717) is 50.3 Å². The number of benzene rings is 1. The fraction of sp³-hybridized carbons (Fsp3) is 0.692. The highest BCUT2D eigenvalue weighted by Gasteiger charge is 2.19. The molecule has 2 amide bonds. The highest BCUT2D eigenvalue weighted by Crippen LogP contribution is 2.17. The van der Waals surface area contributed by atoms with Gasteiger partial charge < -0.3 is 24.8 Å². The van der Waals surface area contributed by atoms with Gasteiger partial charge in [0.1, 0.15) is 12.4 Å². The van der Waals surface area contributed by atoms with E-state index in [9.17, 15) is 14.7 Å². The average Bonchev–Trinajstić information content (AvgIpc) is 2.77. The predicted molar refractivity (Wildman–Crippen MR) is 132 cm³/mol. The number of rotatable bonds is 17. The van der Waals surface area contributed by atoms with Gasteiger partial charge in [-0.1, -0.05) is 52.7 Å². The Morgan fingerprint density at radius 1 is 1.06 bits per heavy atom. The quantitative estimate of drug-likeness (QED) is 0.339. The van der Waals surface area contributed by atoms with E-state index in [2.05, 4.69) is 33.0 Å². The summed E-state index contributed by atoms with van der Waals surface area (Å²) in [4.78, 5) is 25.9. The first-order chi connectivity index (χ1) is 15.8. The Balaban J connectivity index is 2.68.